The first-order valence-electron chi connectivity index (χ1n) is 4.11. The van der Waals surface area contributed by atoms with Gasteiger partial charge in [-0.25, -0.2) is 0 Å². The summed E-state index contributed by atoms with van der Waals surface area (Å²) in [5.41, 5.74) is 0. The van der Waals surface area contributed by atoms with Crippen LogP contribution < -0.4 is 5.32 Å². The predicted octanol–water partition coefficient (Wildman–Crippen LogP) is 1.52. The van der Waals surface area contributed by atoms with Crippen molar-refractivity contribution in [3.63, 3.8) is 0 Å². The molecule has 13 heavy (non-hydrogen) atoms. The van der Waals surface area contributed by atoms with Gasteiger partial charge in [0.05, 0.1) is 6.54 Å². The molecule has 72 valence electrons. The quantitative estimate of drug-likeness (QED) is 0.729. The smallest absolute Gasteiger partial charge is 0.168 e. The van der Waals surface area contributed by atoms with Gasteiger partial charge in [-0.05, 0) is 31.3 Å². The summed E-state index contributed by atoms with van der Waals surface area (Å²) >= 11 is 5.06. The molecule has 3 nitrogen and oxygen atoms in total. The van der Waals surface area contributed by atoms with Crippen molar-refractivity contribution in [2.24, 2.45) is 0 Å². The van der Waals surface area contributed by atoms with E-state index in [-0.39, 0.29) is 0 Å². The highest BCUT2D eigenvalue weighted by atomic mass is 32.1. The lowest BCUT2D eigenvalue weighted by molar-refractivity contribution is 0.398. The summed E-state index contributed by atoms with van der Waals surface area (Å²) in [6.07, 6.45) is 0. The summed E-state index contributed by atoms with van der Waals surface area (Å²) < 4.78 is 5.42. The Morgan fingerprint density at radius 1 is 1.62 bits per heavy atom. The summed E-state index contributed by atoms with van der Waals surface area (Å²) in [5, 5.41) is 3.62. The van der Waals surface area contributed by atoms with E-state index in [2.05, 4.69) is 5.32 Å². The number of nitrogens with zero attached hydrogens (tertiary/aromatic N) is 1. The zero-order chi connectivity index (χ0) is 9.84. The molecular formula is C9H14N2OS. The summed E-state index contributed by atoms with van der Waals surface area (Å²) in [6, 6.07) is 3.91. The number of aryl methyl sites for hydroxylation is 1. The molecule has 0 fully saturated rings. The number of nitrogens with one attached hydrogen (secondary N) is 1. The van der Waals surface area contributed by atoms with Crippen molar-refractivity contribution in [2.75, 3.05) is 14.1 Å². The van der Waals surface area contributed by atoms with Crippen LogP contribution in [0.2, 0.25) is 0 Å². The molecule has 0 unspecified atom stereocenters. The minimum atomic E-state index is 0.702. The van der Waals surface area contributed by atoms with Crippen LogP contribution in [0.3, 0.4) is 0 Å². The summed E-state index contributed by atoms with van der Waals surface area (Å²) in [4.78, 5) is 1.92. The molecule has 0 saturated heterocycles. The minimum Gasteiger partial charge on any atom is -0.464 e. The van der Waals surface area contributed by atoms with E-state index in [4.69, 9.17) is 16.6 Å². The average molecular weight is 198 g/mol. The van der Waals surface area contributed by atoms with E-state index >= 15 is 0 Å². The third kappa shape index (κ3) is 2.73. The van der Waals surface area contributed by atoms with E-state index in [0.717, 1.165) is 11.5 Å². The van der Waals surface area contributed by atoms with Gasteiger partial charge in [0, 0.05) is 14.1 Å². The van der Waals surface area contributed by atoms with Gasteiger partial charge in [-0.3, -0.25) is 0 Å². The Hall–Kier alpha value is -1.03. The fourth-order valence-electron chi connectivity index (χ4n) is 1.07. The fourth-order valence-corrected chi connectivity index (χ4v) is 1.13. The largest absolute Gasteiger partial charge is 0.464 e. The van der Waals surface area contributed by atoms with Gasteiger partial charge in [0.1, 0.15) is 11.5 Å². The van der Waals surface area contributed by atoms with Crippen molar-refractivity contribution >= 4 is 17.3 Å². The molecule has 0 spiro atoms. The number of hydrogen-bond donors (Lipinski definition) is 1. The minimum absolute atomic E-state index is 0.702. The third-order valence-electron chi connectivity index (χ3n) is 1.75. The Bertz CT molecular complexity index is 296. The van der Waals surface area contributed by atoms with Crippen molar-refractivity contribution in [3.8, 4) is 0 Å². The lowest BCUT2D eigenvalue weighted by atomic mass is 10.4. The zero-order valence-corrected chi connectivity index (χ0v) is 8.94. The maximum Gasteiger partial charge on any atom is 0.168 e. The van der Waals surface area contributed by atoms with E-state index in [1.807, 2.05) is 38.1 Å². The SMILES string of the molecule is CNC(=S)N(C)Cc1ccc(C)o1. The molecule has 0 amide bonds. The Morgan fingerprint density at radius 3 is 2.77 bits per heavy atom. The highest BCUT2D eigenvalue weighted by Crippen LogP contribution is 2.08. The van der Waals surface area contributed by atoms with Crippen molar-refractivity contribution in [2.45, 2.75) is 13.5 Å². The second-order valence-corrected chi connectivity index (χ2v) is 3.31. The molecule has 0 aliphatic carbocycles. The molecule has 0 bridgehead atoms. The number of thiocarbonyl (C=S) groups is 1. The molecule has 0 aromatic carbocycles. The first-order chi connectivity index (χ1) is 6.13. The lowest BCUT2D eigenvalue weighted by Crippen LogP contribution is -2.33. The summed E-state index contributed by atoms with van der Waals surface area (Å²) in [7, 11) is 3.74. The standard InChI is InChI=1S/C9H14N2OS/c1-7-4-5-8(12-7)6-11(3)9(13)10-2/h4-5H,6H2,1-3H3,(H,10,13). The molecule has 1 rings (SSSR count). The normalized spacial score (nSPS) is 9.77. The Balaban J connectivity index is 2.54. The van der Waals surface area contributed by atoms with Crippen LogP contribution in [0, 0.1) is 6.92 Å². The Kier molecular flexibility index (Phi) is 3.31. The van der Waals surface area contributed by atoms with E-state index in [1.54, 1.807) is 0 Å². The zero-order valence-electron chi connectivity index (χ0n) is 8.13. The van der Waals surface area contributed by atoms with E-state index in [0.29, 0.717) is 11.7 Å². The van der Waals surface area contributed by atoms with Crippen molar-refractivity contribution in [3.05, 3.63) is 23.7 Å². The van der Waals surface area contributed by atoms with Crippen LogP contribution in [-0.2, 0) is 6.54 Å². The summed E-state index contributed by atoms with van der Waals surface area (Å²) in [6.45, 7) is 2.63. The van der Waals surface area contributed by atoms with Crippen LogP contribution in [0.5, 0.6) is 0 Å². The molecule has 0 aliphatic rings. The van der Waals surface area contributed by atoms with Gasteiger partial charge in [0.2, 0.25) is 0 Å². The van der Waals surface area contributed by atoms with Gasteiger partial charge in [-0.1, -0.05) is 0 Å². The molecule has 1 heterocycles. The van der Waals surface area contributed by atoms with Crippen molar-refractivity contribution in [1.82, 2.24) is 10.2 Å². The molecule has 0 saturated carbocycles. The molecule has 0 aliphatic heterocycles. The molecule has 1 aromatic rings. The van der Waals surface area contributed by atoms with Gasteiger partial charge in [0.15, 0.2) is 5.11 Å². The van der Waals surface area contributed by atoms with Gasteiger partial charge >= 0.3 is 0 Å². The first kappa shape index (κ1) is 10.1. The molecule has 0 atom stereocenters. The topological polar surface area (TPSA) is 28.4 Å². The van der Waals surface area contributed by atoms with Gasteiger partial charge in [0.25, 0.3) is 0 Å². The number of furan rings is 1. The first-order valence-corrected chi connectivity index (χ1v) is 4.52. The fraction of sp³-hybridized carbons (Fsp3) is 0.444. The molecule has 1 N–H and O–H groups in total. The predicted molar refractivity (Wildman–Crippen MR) is 56.6 cm³/mol. The Labute approximate surface area is 83.7 Å². The van der Waals surface area contributed by atoms with Crippen molar-refractivity contribution in [1.29, 1.82) is 0 Å². The van der Waals surface area contributed by atoms with E-state index in [9.17, 15) is 0 Å². The Morgan fingerprint density at radius 2 is 2.31 bits per heavy atom. The van der Waals surface area contributed by atoms with Gasteiger partial charge in [-0.15, -0.1) is 0 Å². The highest BCUT2D eigenvalue weighted by molar-refractivity contribution is 7.80. The molecule has 4 heteroatoms. The van der Waals surface area contributed by atoms with Crippen LogP contribution in [0.4, 0.5) is 0 Å². The van der Waals surface area contributed by atoms with Crippen LogP contribution in [0.1, 0.15) is 11.5 Å². The van der Waals surface area contributed by atoms with E-state index < -0.39 is 0 Å². The van der Waals surface area contributed by atoms with Crippen LogP contribution in [0.15, 0.2) is 16.5 Å². The highest BCUT2D eigenvalue weighted by Gasteiger charge is 2.05. The third-order valence-corrected chi connectivity index (χ3v) is 2.27. The lowest BCUT2D eigenvalue weighted by Gasteiger charge is -2.17. The van der Waals surface area contributed by atoms with Crippen LogP contribution in [-0.4, -0.2) is 24.1 Å². The maximum atomic E-state index is 5.42. The van der Waals surface area contributed by atoms with Crippen molar-refractivity contribution < 1.29 is 4.42 Å². The molecule has 0 radical (unpaired) electrons. The maximum absolute atomic E-state index is 5.42. The monoisotopic (exact) mass is 198 g/mol. The second kappa shape index (κ2) is 4.28. The number of hydrogen-bond acceptors (Lipinski definition) is 2. The van der Waals surface area contributed by atoms with E-state index in [1.165, 1.54) is 0 Å². The van der Waals surface area contributed by atoms with Crippen LogP contribution >= 0.6 is 12.2 Å². The van der Waals surface area contributed by atoms with Crippen LogP contribution in [0.25, 0.3) is 0 Å². The molecule has 1 aromatic heterocycles. The summed E-state index contributed by atoms with van der Waals surface area (Å²) in [5.74, 6) is 1.86. The van der Waals surface area contributed by atoms with Gasteiger partial charge < -0.3 is 14.6 Å². The van der Waals surface area contributed by atoms with Gasteiger partial charge in [-0.2, -0.15) is 0 Å². The average Bonchev–Trinajstić information content (AvgIpc) is 2.49. The second-order valence-electron chi connectivity index (χ2n) is 2.92. The number of rotatable bonds is 2. The molecular weight excluding hydrogens is 184 g/mol.